The standard InChI is InChI=1S/C20H29N3O2/c1-13(2)9-18(20(21)24)22-12-15-5-6-17-16(10-15)7-8-23(25)19(17)11-14-3-4-14/h5-6,10,13-14,18-19,22H,3-4,7-9,11-12H2,1-2H3,(H-,21,24)/p+1. The summed E-state index contributed by atoms with van der Waals surface area (Å²) in [6.45, 7) is 5.39. The number of nitrogens with zero attached hydrogens (tertiary/aromatic N) is 1. The van der Waals surface area contributed by atoms with E-state index in [0.29, 0.717) is 19.0 Å². The van der Waals surface area contributed by atoms with E-state index in [4.69, 9.17) is 5.73 Å². The summed E-state index contributed by atoms with van der Waals surface area (Å²) in [5.41, 5.74) is 9.14. The SMILES string of the molecule is CC(C)CC(NCc1ccc2c(c1)CC[N+](=O)C2CC1CC1)C(N)=O. The zero-order chi connectivity index (χ0) is 18.0. The molecule has 0 bridgehead atoms. The summed E-state index contributed by atoms with van der Waals surface area (Å²) in [7, 11) is 0. The molecule has 0 saturated heterocycles. The van der Waals surface area contributed by atoms with E-state index in [2.05, 4.69) is 37.4 Å². The topological polar surface area (TPSA) is 75.2 Å². The first-order valence-corrected chi connectivity index (χ1v) is 9.52. The van der Waals surface area contributed by atoms with Gasteiger partial charge in [0, 0.05) is 34.6 Å². The quantitative estimate of drug-likeness (QED) is 0.712. The third-order valence-corrected chi connectivity index (χ3v) is 5.37. The van der Waals surface area contributed by atoms with Crippen molar-refractivity contribution in [1.29, 1.82) is 0 Å². The highest BCUT2D eigenvalue weighted by atomic mass is 16.3. The number of hydrogen-bond donors (Lipinski definition) is 2. The molecule has 1 aromatic carbocycles. The van der Waals surface area contributed by atoms with Gasteiger partial charge in [0.25, 0.3) is 0 Å². The molecule has 1 aliphatic carbocycles. The molecule has 3 rings (SSSR count). The third-order valence-electron chi connectivity index (χ3n) is 5.37. The molecule has 2 aliphatic rings. The van der Waals surface area contributed by atoms with Crippen LogP contribution in [0.25, 0.3) is 0 Å². The fourth-order valence-electron chi connectivity index (χ4n) is 3.78. The van der Waals surface area contributed by atoms with E-state index < -0.39 is 0 Å². The van der Waals surface area contributed by atoms with E-state index in [-0.39, 0.29) is 18.0 Å². The van der Waals surface area contributed by atoms with Gasteiger partial charge >= 0.3 is 0 Å². The van der Waals surface area contributed by atoms with Crippen LogP contribution in [0.2, 0.25) is 0 Å². The lowest BCUT2D eigenvalue weighted by Gasteiger charge is -2.21. The molecule has 1 heterocycles. The van der Waals surface area contributed by atoms with Gasteiger partial charge in [-0.3, -0.25) is 4.79 Å². The van der Waals surface area contributed by atoms with Crippen molar-refractivity contribution in [2.45, 2.75) is 64.6 Å². The fourth-order valence-corrected chi connectivity index (χ4v) is 3.78. The second-order valence-corrected chi connectivity index (χ2v) is 8.08. The van der Waals surface area contributed by atoms with Crippen LogP contribution in [-0.4, -0.2) is 23.3 Å². The molecule has 25 heavy (non-hydrogen) atoms. The molecule has 2 atom stereocenters. The Morgan fingerprint density at radius 3 is 2.76 bits per heavy atom. The Balaban J connectivity index is 1.68. The maximum absolute atomic E-state index is 12.3. The highest BCUT2D eigenvalue weighted by molar-refractivity contribution is 5.79. The maximum Gasteiger partial charge on any atom is 0.234 e. The molecule has 1 amide bonds. The molecule has 0 aromatic heterocycles. The second-order valence-electron chi connectivity index (χ2n) is 8.08. The zero-order valence-corrected chi connectivity index (χ0v) is 15.3. The van der Waals surface area contributed by atoms with E-state index in [1.54, 1.807) is 0 Å². The lowest BCUT2D eigenvalue weighted by atomic mass is 9.89. The first kappa shape index (κ1) is 18.1. The zero-order valence-electron chi connectivity index (χ0n) is 15.3. The van der Waals surface area contributed by atoms with Crippen molar-refractivity contribution in [3.63, 3.8) is 0 Å². The average Bonchev–Trinajstić information content (AvgIpc) is 3.37. The minimum Gasteiger partial charge on any atom is -0.368 e. The number of fused-ring (bicyclic) bond motifs is 1. The smallest absolute Gasteiger partial charge is 0.234 e. The molecule has 1 fully saturated rings. The number of hydrogen-bond acceptors (Lipinski definition) is 3. The molecule has 136 valence electrons. The van der Waals surface area contributed by atoms with Gasteiger partial charge in [0.2, 0.25) is 11.9 Å². The highest BCUT2D eigenvalue weighted by Crippen LogP contribution is 2.41. The molecule has 3 N–H and O–H groups in total. The van der Waals surface area contributed by atoms with Crippen molar-refractivity contribution < 1.29 is 9.55 Å². The second kappa shape index (κ2) is 7.65. The third kappa shape index (κ3) is 4.66. The maximum atomic E-state index is 12.3. The normalized spacial score (nSPS) is 21.2. The van der Waals surface area contributed by atoms with Crippen LogP contribution in [0.1, 0.15) is 62.3 Å². The summed E-state index contributed by atoms with van der Waals surface area (Å²) in [6.07, 6.45) is 5.08. The Kier molecular flexibility index (Phi) is 5.52. The monoisotopic (exact) mass is 344 g/mol. The summed E-state index contributed by atoms with van der Waals surface area (Å²) >= 11 is 0. The molecule has 5 heteroatoms. The first-order valence-electron chi connectivity index (χ1n) is 9.52. The predicted octanol–water partition coefficient (Wildman–Crippen LogP) is 2.85. The molecule has 0 spiro atoms. The largest absolute Gasteiger partial charge is 0.368 e. The average molecular weight is 344 g/mol. The number of benzene rings is 1. The first-order chi connectivity index (χ1) is 11.9. The number of rotatable bonds is 8. The Labute approximate surface area is 149 Å². The van der Waals surface area contributed by atoms with Gasteiger partial charge in [-0.2, -0.15) is 0 Å². The molecule has 5 nitrogen and oxygen atoms in total. The number of nitrogens with one attached hydrogen (secondary N) is 1. The van der Waals surface area contributed by atoms with E-state index in [0.717, 1.165) is 30.7 Å². The summed E-state index contributed by atoms with van der Waals surface area (Å²) < 4.78 is 1.27. The molecule has 2 unspecified atom stereocenters. The fraction of sp³-hybridized carbons (Fsp3) is 0.650. The van der Waals surface area contributed by atoms with Crippen molar-refractivity contribution in [3.05, 3.63) is 39.8 Å². The van der Waals surface area contributed by atoms with E-state index in [1.807, 2.05) is 0 Å². The van der Waals surface area contributed by atoms with Gasteiger partial charge in [-0.05, 0) is 42.2 Å². The van der Waals surface area contributed by atoms with Crippen molar-refractivity contribution in [3.8, 4) is 0 Å². The summed E-state index contributed by atoms with van der Waals surface area (Å²) in [5.74, 6) is 0.860. The number of carbonyl (C=O) groups excluding carboxylic acids is 1. The van der Waals surface area contributed by atoms with E-state index in [1.165, 1.54) is 28.7 Å². The van der Waals surface area contributed by atoms with Crippen LogP contribution in [0.3, 0.4) is 0 Å². The Morgan fingerprint density at radius 1 is 1.36 bits per heavy atom. The van der Waals surface area contributed by atoms with Gasteiger partial charge in [0.1, 0.15) is 0 Å². The lowest BCUT2D eigenvalue weighted by molar-refractivity contribution is -0.597. The minimum atomic E-state index is -0.296. The molecule has 0 radical (unpaired) electrons. The van der Waals surface area contributed by atoms with E-state index >= 15 is 0 Å². The number of amides is 1. The summed E-state index contributed by atoms with van der Waals surface area (Å²) in [6, 6.07) is 6.12. The number of primary amides is 1. The van der Waals surface area contributed by atoms with Crippen molar-refractivity contribution >= 4 is 5.91 Å². The van der Waals surface area contributed by atoms with E-state index in [9.17, 15) is 9.70 Å². The molecular weight excluding hydrogens is 314 g/mol. The Hall–Kier alpha value is -1.75. The van der Waals surface area contributed by atoms with Crippen molar-refractivity contribution in [2.24, 2.45) is 17.6 Å². The summed E-state index contributed by atoms with van der Waals surface area (Å²) in [5, 5.41) is 3.29. The van der Waals surface area contributed by atoms with Gasteiger partial charge in [-0.1, -0.05) is 32.0 Å². The van der Waals surface area contributed by atoms with Crippen LogP contribution in [0.4, 0.5) is 0 Å². The molecule has 1 aliphatic heterocycles. The van der Waals surface area contributed by atoms with Crippen LogP contribution in [0.5, 0.6) is 0 Å². The molecular formula is C20H30N3O2+. The van der Waals surface area contributed by atoms with Crippen LogP contribution >= 0.6 is 0 Å². The predicted molar refractivity (Wildman–Crippen MR) is 98.0 cm³/mol. The van der Waals surface area contributed by atoms with Gasteiger partial charge in [-0.15, -0.1) is 0 Å². The minimum absolute atomic E-state index is 0.0255. The van der Waals surface area contributed by atoms with Crippen molar-refractivity contribution in [2.75, 3.05) is 6.54 Å². The van der Waals surface area contributed by atoms with Crippen LogP contribution in [-0.2, 0) is 17.8 Å². The lowest BCUT2D eigenvalue weighted by Crippen LogP contribution is -2.41. The summed E-state index contributed by atoms with van der Waals surface area (Å²) in [4.78, 5) is 23.8. The van der Waals surface area contributed by atoms with Gasteiger partial charge in [0.05, 0.1) is 6.04 Å². The number of carbonyl (C=O) groups is 1. The highest BCUT2D eigenvalue weighted by Gasteiger charge is 2.38. The van der Waals surface area contributed by atoms with Crippen LogP contribution < -0.4 is 11.1 Å². The Bertz CT molecular complexity index is 652. The van der Waals surface area contributed by atoms with Gasteiger partial charge in [-0.25, -0.2) is 0 Å². The van der Waals surface area contributed by atoms with Crippen LogP contribution in [0.15, 0.2) is 18.2 Å². The van der Waals surface area contributed by atoms with Crippen LogP contribution in [0, 0.1) is 16.7 Å². The molecule has 1 saturated carbocycles. The van der Waals surface area contributed by atoms with Gasteiger partial charge in [0.15, 0.2) is 6.54 Å². The molecule has 1 aromatic rings. The van der Waals surface area contributed by atoms with Crippen molar-refractivity contribution in [1.82, 2.24) is 5.32 Å². The Morgan fingerprint density at radius 2 is 2.12 bits per heavy atom. The number of nitroso groups, excluding NO2 is 1. The van der Waals surface area contributed by atoms with Gasteiger partial charge < -0.3 is 11.1 Å². The number of nitrogens with two attached hydrogens (primary N) is 1.